The highest BCUT2D eigenvalue weighted by Gasteiger charge is 2.23. The summed E-state index contributed by atoms with van der Waals surface area (Å²) in [6.45, 7) is 1.56. The highest BCUT2D eigenvalue weighted by atomic mass is 35.5. The van der Waals surface area contributed by atoms with Crippen molar-refractivity contribution in [3.8, 4) is 0 Å². The van der Waals surface area contributed by atoms with Gasteiger partial charge in [0, 0.05) is 19.0 Å². The average molecular weight is 241 g/mol. The molecule has 0 aliphatic carbocycles. The molecule has 2 heterocycles. The Kier molecular flexibility index (Phi) is 3.24. The number of piperidine rings is 1. The Hall–Kier alpha value is -1.36. The summed E-state index contributed by atoms with van der Waals surface area (Å²) in [4.78, 5) is 13.1. The number of hydrogen-bond donors (Lipinski definition) is 1. The largest absolute Gasteiger partial charge is 0.369 e. The molecule has 1 fully saturated rings. The summed E-state index contributed by atoms with van der Waals surface area (Å²) in [6.07, 6.45) is 1.55. The van der Waals surface area contributed by atoms with E-state index in [-0.39, 0.29) is 11.8 Å². The summed E-state index contributed by atoms with van der Waals surface area (Å²) in [7, 11) is 0. The van der Waals surface area contributed by atoms with Crippen molar-refractivity contribution in [1.82, 2.24) is 10.2 Å². The van der Waals surface area contributed by atoms with Crippen LogP contribution in [0.2, 0.25) is 5.15 Å². The van der Waals surface area contributed by atoms with Crippen molar-refractivity contribution in [1.29, 1.82) is 0 Å². The molecule has 1 amide bonds. The molecule has 86 valence electrons. The van der Waals surface area contributed by atoms with Gasteiger partial charge in [-0.3, -0.25) is 4.79 Å². The number of nitrogens with two attached hydrogens (primary N) is 1. The van der Waals surface area contributed by atoms with Crippen LogP contribution in [0.1, 0.15) is 12.8 Å². The van der Waals surface area contributed by atoms with Crippen molar-refractivity contribution >= 4 is 23.3 Å². The number of rotatable bonds is 2. The zero-order valence-electron chi connectivity index (χ0n) is 8.77. The first kappa shape index (κ1) is 11.1. The molecule has 0 bridgehead atoms. The second-order valence-electron chi connectivity index (χ2n) is 3.88. The maximum Gasteiger partial charge on any atom is 0.220 e. The van der Waals surface area contributed by atoms with Gasteiger partial charge in [0.05, 0.1) is 0 Å². The number of amides is 1. The first-order chi connectivity index (χ1) is 7.66. The second-order valence-corrected chi connectivity index (χ2v) is 4.27. The number of halogens is 1. The van der Waals surface area contributed by atoms with Crippen LogP contribution in [0.15, 0.2) is 12.1 Å². The highest BCUT2D eigenvalue weighted by Crippen LogP contribution is 2.21. The first-order valence-corrected chi connectivity index (χ1v) is 5.58. The zero-order valence-corrected chi connectivity index (χ0v) is 9.52. The van der Waals surface area contributed by atoms with Gasteiger partial charge >= 0.3 is 0 Å². The van der Waals surface area contributed by atoms with E-state index in [9.17, 15) is 4.79 Å². The van der Waals surface area contributed by atoms with Crippen LogP contribution >= 0.6 is 11.6 Å². The Morgan fingerprint density at radius 2 is 2.06 bits per heavy atom. The fraction of sp³-hybridized carbons (Fsp3) is 0.500. The predicted molar refractivity (Wildman–Crippen MR) is 61.2 cm³/mol. The van der Waals surface area contributed by atoms with Crippen molar-refractivity contribution in [2.75, 3.05) is 18.0 Å². The molecule has 6 heteroatoms. The van der Waals surface area contributed by atoms with E-state index in [1.807, 2.05) is 6.07 Å². The van der Waals surface area contributed by atoms with E-state index in [1.54, 1.807) is 6.07 Å². The Morgan fingerprint density at radius 1 is 1.38 bits per heavy atom. The third-order valence-electron chi connectivity index (χ3n) is 2.84. The quantitative estimate of drug-likeness (QED) is 0.831. The fourth-order valence-corrected chi connectivity index (χ4v) is 1.97. The monoisotopic (exact) mass is 240 g/mol. The molecule has 2 rings (SSSR count). The van der Waals surface area contributed by atoms with Gasteiger partial charge in [0.1, 0.15) is 0 Å². The minimum Gasteiger partial charge on any atom is -0.369 e. The normalized spacial score (nSPS) is 17.4. The molecule has 1 saturated heterocycles. The molecule has 1 aromatic heterocycles. The molecule has 16 heavy (non-hydrogen) atoms. The lowest BCUT2D eigenvalue weighted by Crippen LogP contribution is -2.38. The van der Waals surface area contributed by atoms with Crippen LogP contribution in [0.4, 0.5) is 5.82 Å². The van der Waals surface area contributed by atoms with E-state index in [2.05, 4.69) is 15.1 Å². The van der Waals surface area contributed by atoms with E-state index in [1.165, 1.54) is 0 Å². The predicted octanol–water partition coefficient (Wildman–Crippen LogP) is 0.832. The zero-order chi connectivity index (χ0) is 11.5. The maximum atomic E-state index is 11.0. The van der Waals surface area contributed by atoms with Crippen LogP contribution < -0.4 is 10.6 Å². The molecule has 0 saturated carbocycles. The maximum absolute atomic E-state index is 11.0. The van der Waals surface area contributed by atoms with Gasteiger partial charge in [-0.15, -0.1) is 10.2 Å². The van der Waals surface area contributed by atoms with Crippen LogP contribution in [0.25, 0.3) is 0 Å². The molecule has 0 aromatic carbocycles. The van der Waals surface area contributed by atoms with Gasteiger partial charge in [0.25, 0.3) is 0 Å². The third-order valence-corrected chi connectivity index (χ3v) is 3.04. The van der Waals surface area contributed by atoms with Crippen LogP contribution in [0, 0.1) is 5.92 Å². The number of anilines is 1. The van der Waals surface area contributed by atoms with Crippen LogP contribution in [-0.2, 0) is 4.79 Å². The molecule has 1 aliphatic rings. The van der Waals surface area contributed by atoms with Gasteiger partial charge in [-0.1, -0.05) is 11.6 Å². The number of nitrogens with zero attached hydrogens (tertiary/aromatic N) is 3. The fourth-order valence-electron chi connectivity index (χ4n) is 1.87. The van der Waals surface area contributed by atoms with Crippen molar-refractivity contribution in [3.05, 3.63) is 17.3 Å². The number of primary amides is 1. The minimum atomic E-state index is -0.207. The molecule has 1 aromatic rings. The standard InChI is InChI=1S/C10H13ClN4O/c11-8-1-2-9(14-13-8)15-5-3-7(4-6-15)10(12)16/h1-2,7H,3-6H2,(H2,12,16). The van der Waals surface area contributed by atoms with Crippen LogP contribution in [0.5, 0.6) is 0 Å². The van der Waals surface area contributed by atoms with Crippen LogP contribution in [-0.4, -0.2) is 29.2 Å². The molecule has 5 nitrogen and oxygen atoms in total. The van der Waals surface area contributed by atoms with Gasteiger partial charge in [-0.05, 0) is 25.0 Å². The smallest absolute Gasteiger partial charge is 0.220 e. The van der Waals surface area contributed by atoms with Crippen molar-refractivity contribution in [2.45, 2.75) is 12.8 Å². The topological polar surface area (TPSA) is 72.1 Å². The van der Waals surface area contributed by atoms with Gasteiger partial charge in [-0.2, -0.15) is 0 Å². The van der Waals surface area contributed by atoms with Gasteiger partial charge in [-0.25, -0.2) is 0 Å². The highest BCUT2D eigenvalue weighted by molar-refractivity contribution is 6.29. The molecular weight excluding hydrogens is 228 g/mol. The Balaban J connectivity index is 1.99. The Morgan fingerprint density at radius 3 is 2.56 bits per heavy atom. The van der Waals surface area contributed by atoms with Crippen molar-refractivity contribution in [3.63, 3.8) is 0 Å². The molecule has 0 radical (unpaired) electrons. The Bertz CT molecular complexity index is 373. The molecule has 1 aliphatic heterocycles. The minimum absolute atomic E-state index is 0.00323. The van der Waals surface area contributed by atoms with Gasteiger partial charge in [0.2, 0.25) is 5.91 Å². The van der Waals surface area contributed by atoms with Gasteiger partial charge in [0.15, 0.2) is 11.0 Å². The summed E-state index contributed by atoms with van der Waals surface area (Å²) in [5, 5.41) is 8.18. The van der Waals surface area contributed by atoms with E-state index in [0.717, 1.165) is 31.7 Å². The number of aromatic nitrogens is 2. The summed E-state index contributed by atoms with van der Waals surface area (Å²) < 4.78 is 0. The number of hydrogen-bond acceptors (Lipinski definition) is 4. The Labute approximate surface area is 98.6 Å². The summed E-state index contributed by atoms with van der Waals surface area (Å²) in [5.41, 5.74) is 5.27. The molecule has 0 unspecified atom stereocenters. The van der Waals surface area contributed by atoms with Crippen molar-refractivity contribution < 1.29 is 4.79 Å². The molecule has 2 N–H and O–H groups in total. The lowest BCUT2D eigenvalue weighted by atomic mass is 9.96. The van der Waals surface area contributed by atoms with E-state index >= 15 is 0 Å². The number of carbonyl (C=O) groups is 1. The lowest BCUT2D eigenvalue weighted by molar-refractivity contribution is -0.122. The average Bonchev–Trinajstić information content (AvgIpc) is 2.30. The molecule has 0 atom stereocenters. The van der Waals surface area contributed by atoms with Crippen LogP contribution in [0.3, 0.4) is 0 Å². The summed E-state index contributed by atoms with van der Waals surface area (Å²) >= 11 is 5.66. The SMILES string of the molecule is NC(=O)C1CCN(c2ccc(Cl)nn2)CC1. The van der Waals surface area contributed by atoms with Gasteiger partial charge < -0.3 is 10.6 Å². The summed E-state index contributed by atoms with van der Waals surface area (Å²) in [5.74, 6) is 0.589. The lowest BCUT2D eigenvalue weighted by Gasteiger charge is -2.30. The first-order valence-electron chi connectivity index (χ1n) is 5.20. The second kappa shape index (κ2) is 4.65. The molecular formula is C10H13ClN4O. The summed E-state index contributed by atoms with van der Waals surface area (Å²) in [6, 6.07) is 3.55. The van der Waals surface area contributed by atoms with E-state index < -0.39 is 0 Å². The van der Waals surface area contributed by atoms with Crippen molar-refractivity contribution in [2.24, 2.45) is 11.7 Å². The number of carbonyl (C=O) groups excluding carboxylic acids is 1. The molecule has 0 spiro atoms. The van der Waals surface area contributed by atoms with E-state index in [4.69, 9.17) is 17.3 Å². The third kappa shape index (κ3) is 2.41. The van der Waals surface area contributed by atoms with E-state index in [0.29, 0.717) is 5.15 Å².